The smallest absolute Gasteiger partial charge is 0.269 e. The van der Waals surface area contributed by atoms with E-state index in [9.17, 15) is 14.9 Å². The van der Waals surface area contributed by atoms with Gasteiger partial charge in [0.25, 0.3) is 5.69 Å². The number of rotatable bonds is 7. The third-order valence-electron chi connectivity index (χ3n) is 4.13. The normalized spacial score (nSPS) is 11.7. The molecule has 1 atom stereocenters. The largest absolute Gasteiger partial charge is 0.398 e. The number of ketones is 1. The molecule has 0 aliphatic heterocycles. The molecule has 0 spiro atoms. The van der Waals surface area contributed by atoms with E-state index in [4.69, 9.17) is 5.73 Å². The third kappa shape index (κ3) is 4.74. The fraction of sp³-hybridized carbons (Fsp3) is 0.0952. The summed E-state index contributed by atoms with van der Waals surface area (Å²) in [5, 5.41) is 10.7. The highest BCUT2D eigenvalue weighted by atomic mass is 32.2. The van der Waals surface area contributed by atoms with Crippen LogP contribution in [0.3, 0.4) is 0 Å². The van der Waals surface area contributed by atoms with Gasteiger partial charge in [0.1, 0.15) is 0 Å². The first-order valence-electron chi connectivity index (χ1n) is 8.38. The van der Waals surface area contributed by atoms with Crippen molar-refractivity contribution in [3.05, 3.63) is 100 Å². The predicted octanol–water partition coefficient (Wildman–Crippen LogP) is 5.28. The Morgan fingerprint density at radius 3 is 2.22 bits per heavy atom. The van der Waals surface area contributed by atoms with E-state index in [1.165, 1.54) is 23.9 Å². The molecule has 0 aliphatic carbocycles. The lowest BCUT2D eigenvalue weighted by molar-refractivity contribution is -0.384. The highest BCUT2D eigenvalue weighted by molar-refractivity contribution is 7.99. The molecule has 0 saturated heterocycles. The van der Waals surface area contributed by atoms with Crippen LogP contribution in [0.2, 0.25) is 0 Å². The van der Waals surface area contributed by atoms with Crippen LogP contribution in [0.5, 0.6) is 0 Å². The molecule has 0 heterocycles. The number of carbonyl (C=O) groups excluding carboxylic acids is 1. The number of carbonyl (C=O) groups is 1. The summed E-state index contributed by atoms with van der Waals surface area (Å²) in [6.45, 7) is 0. The van der Waals surface area contributed by atoms with Crippen LogP contribution in [0.4, 0.5) is 11.4 Å². The Labute approximate surface area is 161 Å². The Balaban J connectivity index is 1.89. The maximum absolute atomic E-state index is 12.7. The van der Waals surface area contributed by atoms with Crippen LogP contribution < -0.4 is 5.73 Å². The topological polar surface area (TPSA) is 86.2 Å². The van der Waals surface area contributed by atoms with Crippen LogP contribution in [0.25, 0.3) is 0 Å². The molecule has 0 aromatic heterocycles. The number of non-ortho nitro benzene ring substituents is 1. The molecule has 0 amide bonds. The molecule has 6 heteroatoms. The average Bonchev–Trinajstić information content (AvgIpc) is 2.69. The fourth-order valence-corrected chi connectivity index (χ4v) is 3.89. The average molecular weight is 378 g/mol. The number of benzene rings is 3. The van der Waals surface area contributed by atoms with E-state index in [2.05, 4.69) is 0 Å². The standard InChI is InChI=1S/C21H18N2O3S/c22-18-8-4-5-9-20(18)27-21(14-19(24)15-6-2-1-3-7-15)16-10-12-17(13-11-16)23(25)26/h1-13,21H,14,22H2. The Hall–Kier alpha value is -3.12. The van der Waals surface area contributed by atoms with Crippen molar-refractivity contribution in [2.75, 3.05) is 5.73 Å². The first-order valence-corrected chi connectivity index (χ1v) is 9.26. The Kier molecular flexibility index (Phi) is 5.88. The zero-order valence-corrected chi connectivity index (χ0v) is 15.3. The number of nitrogens with two attached hydrogens (primary N) is 1. The lowest BCUT2D eigenvalue weighted by Crippen LogP contribution is -2.06. The van der Waals surface area contributed by atoms with E-state index in [1.54, 1.807) is 24.3 Å². The Morgan fingerprint density at radius 2 is 1.59 bits per heavy atom. The molecule has 1 unspecified atom stereocenters. The first-order chi connectivity index (χ1) is 13.0. The highest BCUT2D eigenvalue weighted by Crippen LogP contribution is 2.41. The number of anilines is 1. The third-order valence-corrected chi connectivity index (χ3v) is 5.48. The first kappa shape index (κ1) is 18.7. The number of nitrogen functional groups attached to an aromatic ring is 1. The van der Waals surface area contributed by atoms with Gasteiger partial charge in [-0.2, -0.15) is 0 Å². The number of hydrogen-bond acceptors (Lipinski definition) is 5. The number of hydrogen-bond donors (Lipinski definition) is 1. The van der Waals surface area contributed by atoms with Crippen LogP contribution in [0.15, 0.2) is 83.8 Å². The van der Waals surface area contributed by atoms with Crippen LogP contribution in [-0.4, -0.2) is 10.7 Å². The maximum Gasteiger partial charge on any atom is 0.269 e. The number of thioether (sulfide) groups is 1. The lowest BCUT2D eigenvalue weighted by atomic mass is 10.0. The van der Waals surface area contributed by atoms with Crippen LogP contribution in [-0.2, 0) is 0 Å². The molecule has 3 aromatic carbocycles. The molecule has 0 fully saturated rings. The SMILES string of the molecule is Nc1ccccc1SC(CC(=O)c1ccccc1)c1ccc([N+](=O)[O-])cc1. The molecule has 0 aliphatic rings. The van der Waals surface area contributed by atoms with Gasteiger partial charge in [-0.3, -0.25) is 14.9 Å². The monoisotopic (exact) mass is 378 g/mol. The summed E-state index contributed by atoms with van der Waals surface area (Å²) in [6.07, 6.45) is 0.265. The summed E-state index contributed by atoms with van der Waals surface area (Å²) in [6, 6.07) is 22.9. The number of para-hydroxylation sites is 1. The van der Waals surface area contributed by atoms with Crippen molar-refractivity contribution in [2.45, 2.75) is 16.6 Å². The molecule has 0 bridgehead atoms. The van der Waals surface area contributed by atoms with Crippen molar-refractivity contribution in [2.24, 2.45) is 0 Å². The molecule has 2 N–H and O–H groups in total. The van der Waals surface area contributed by atoms with Crippen molar-refractivity contribution in [1.82, 2.24) is 0 Å². The van der Waals surface area contributed by atoms with Gasteiger partial charge in [-0.05, 0) is 17.7 Å². The van der Waals surface area contributed by atoms with E-state index in [-0.39, 0.29) is 23.1 Å². The minimum Gasteiger partial charge on any atom is -0.398 e. The zero-order valence-electron chi connectivity index (χ0n) is 14.4. The van der Waals surface area contributed by atoms with Crippen molar-refractivity contribution >= 4 is 28.9 Å². The van der Waals surface area contributed by atoms with Gasteiger partial charge in [0.05, 0.1) is 4.92 Å². The maximum atomic E-state index is 12.7. The summed E-state index contributed by atoms with van der Waals surface area (Å²) in [4.78, 5) is 24.1. The molecular formula is C21H18N2O3S. The number of Topliss-reactive ketones (excluding diaryl/α,β-unsaturated/α-hetero) is 1. The van der Waals surface area contributed by atoms with Crippen molar-refractivity contribution in [3.8, 4) is 0 Å². The number of nitrogens with zero attached hydrogens (tertiary/aromatic N) is 1. The minimum absolute atomic E-state index is 0.0148. The fourth-order valence-electron chi connectivity index (χ4n) is 2.69. The van der Waals surface area contributed by atoms with Crippen molar-refractivity contribution < 1.29 is 9.72 Å². The summed E-state index contributed by atoms with van der Waals surface area (Å²) in [5.74, 6) is 0.0148. The van der Waals surface area contributed by atoms with Crippen molar-refractivity contribution in [3.63, 3.8) is 0 Å². The molecule has 5 nitrogen and oxygen atoms in total. The molecule has 0 saturated carbocycles. The zero-order chi connectivity index (χ0) is 19.2. The summed E-state index contributed by atoms with van der Waals surface area (Å²) >= 11 is 1.49. The van der Waals surface area contributed by atoms with Gasteiger partial charge < -0.3 is 5.73 Å². The van der Waals surface area contributed by atoms with Gasteiger partial charge in [0.15, 0.2) is 5.78 Å². The Morgan fingerprint density at radius 1 is 0.963 bits per heavy atom. The Bertz CT molecular complexity index is 943. The number of nitro groups is 1. The van der Waals surface area contributed by atoms with Crippen LogP contribution in [0.1, 0.15) is 27.6 Å². The van der Waals surface area contributed by atoms with Gasteiger partial charge >= 0.3 is 0 Å². The quantitative estimate of drug-likeness (QED) is 0.199. The lowest BCUT2D eigenvalue weighted by Gasteiger charge is -2.17. The molecular weight excluding hydrogens is 360 g/mol. The van der Waals surface area contributed by atoms with E-state index in [0.717, 1.165) is 10.5 Å². The van der Waals surface area contributed by atoms with Gasteiger partial charge in [-0.1, -0.05) is 54.6 Å². The van der Waals surface area contributed by atoms with Gasteiger partial charge in [-0.15, -0.1) is 11.8 Å². The second-order valence-electron chi connectivity index (χ2n) is 5.99. The van der Waals surface area contributed by atoms with Crippen LogP contribution in [0, 0.1) is 10.1 Å². The summed E-state index contributed by atoms with van der Waals surface area (Å²) in [7, 11) is 0. The molecule has 27 heavy (non-hydrogen) atoms. The van der Waals surface area contributed by atoms with Crippen LogP contribution >= 0.6 is 11.8 Å². The highest BCUT2D eigenvalue weighted by Gasteiger charge is 2.20. The minimum atomic E-state index is -0.434. The summed E-state index contributed by atoms with van der Waals surface area (Å²) < 4.78 is 0. The molecule has 3 aromatic rings. The van der Waals surface area contributed by atoms with E-state index in [1.807, 2.05) is 42.5 Å². The van der Waals surface area contributed by atoms with E-state index >= 15 is 0 Å². The predicted molar refractivity (Wildman–Crippen MR) is 108 cm³/mol. The number of nitro benzene ring substituents is 1. The molecule has 3 rings (SSSR count). The van der Waals surface area contributed by atoms with E-state index in [0.29, 0.717) is 11.3 Å². The molecule has 136 valence electrons. The molecule has 0 radical (unpaired) electrons. The van der Waals surface area contributed by atoms with Crippen molar-refractivity contribution in [1.29, 1.82) is 0 Å². The second kappa shape index (κ2) is 8.51. The van der Waals surface area contributed by atoms with Gasteiger partial charge in [0.2, 0.25) is 0 Å². The van der Waals surface area contributed by atoms with Gasteiger partial charge in [-0.25, -0.2) is 0 Å². The van der Waals surface area contributed by atoms with Gasteiger partial charge in [0, 0.05) is 39.9 Å². The second-order valence-corrected chi connectivity index (χ2v) is 7.23. The summed E-state index contributed by atoms with van der Waals surface area (Å²) in [5.41, 5.74) is 8.21. The van der Waals surface area contributed by atoms with E-state index < -0.39 is 4.92 Å².